The molecule has 0 heterocycles. The van der Waals surface area contributed by atoms with Crippen LogP contribution in [0.2, 0.25) is 0 Å². The van der Waals surface area contributed by atoms with E-state index in [1.807, 2.05) is 0 Å². The summed E-state index contributed by atoms with van der Waals surface area (Å²) in [6.45, 7) is 4.32. The van der Waals surface area contributed by atoms with E-state index < -0.39 is 0 Å². The van der Waals surface area contributed by atoms with Crippen molar-refractivity contribution >= 4 is 5.97 Å². The van der Waals surface area contributed by atoms with Crippen LogP contribution in [0.25, 0.3) is 0 Å². The maximum absolute atomic E-state index is 11.1. The standard InChI is InChI=1S/C9H16O2/c1-6-4-7(2)8(5-6)9(10)11-3/h6-8H,4-5H2,1-3H3. The van der Waals surface area contributed by atoms with E-state index in [0.717, 1.165) is 6.42 Å². The van der Waals surface area contributed by atoms with Crippen LogP contribution in [0.4, 0.5) is 0 Å². The molecule has 64 valence electrons. The molecule has 2 nitrogen and oxygen atoms in total. The third kappa shape index (κ3) is 1.73. The van der Waals surface area contributed by atoms with Gasteiger partial charge < -0.3 is 4.74 Å². The smallest absolute Gasteiger partial charge is 0.308 e. The molecule has 0 aromatic heterocycles. The van der Waals surface area contributed by atoms with Crippen LogP contribution in [0.1, 0.15) is 26.7 Å². The maximum Gasteiger partial charge on any atom is 0.308 e. The number of carbonyl (C=O) groups is 1. The van der Waals surface area contributed by atoms with Gasteiger partial charge in [0.2, 0.25) is 0 Å². The molecule has 0 aromatic rings. The van der Waals surface area contributed by atoms with E-state index in [9.17, 15) is 4.79 Å². The van der Waals surface area contributed by atoms with E-state index in [1.54, 1.807) is 0 Å². The van der Waals surface area contributed by atoms with Crippen molar-refractivity contribution in [1.29, 1.82) is 0 Å². The lowest BCUT2D eigenvalue weighted by atomic mass is 9.99. The van der Waals surface area contributed by atoms with E-state index in [2.05, 4.69) is 13.8 Å². The van der Waals surface area contributed by atoms with Gasteiger partial charge in [0, 0.05) is 0 Å². The van der Waals surface area contributed by atoms with Crippen LogP contribution in [0.3, 0.4) is 0 Å². The molecule has 0 spiro atoms. The first-order chi connectivity index (χ1) is 5.15. The zero-order chi connectivity index (χ0) is 8.43. The van der Waals surface area contributed by atoms with E-state index >= 15 is 0 Å². The topological polar surface area (TPSA) is 26.3 Å². The number of ether oxygens (including phenoxy) is 1. The normalized spacial score (nSPS) is 37.2. The Hall–Kier alpha value is -0.530. The molecule has 0 bridgehead atoms. The Kier molecular flexibility index (Phi) is 2.53. The van der Waals surface area contributed by atoms with Crippen LogP contribution in [0.5, 0.6) is 0 Å². The van der Waals surface area contributed by atoms with Gasteiger partial charge in [0.25, 0.3) is 0 Å². The van der Waals surface area contributed by atoms with Crippen molar-refractivity contribution in [3.63, 3.8) is 0 Å². The molecular weight excluding hydrogens is 140 g/mol. The van der Waals surface area contributed by atoms with Gasteiger partial charge in [-0.3, -0.25) is 4.79 Å². The Morgan fingerprint density at radius 2 is 2.00 bits per heavy atom. The fourth-order valence-electron chi connectivity index (χ4n) is 2.04. The third-order valence-corrected chi connectivity index (χ3v) is 2.62. The number of hydrogen-bond acceptors (Lipinski definition) is 2. The van der Waals surface area contributed by atoms with Crippen LogP contribution < -0.4 is 0 Å². The maximum atomic E-state index is 11.1. The number of rotatable bonds is 1. The Labute approximate surface area is 67.9 Å². The number of methoxy groups -OCH3 is 1. The quantitative estimate of drug-likeness (QED) is 0.541. The van der Waals surface area contributed by atoms with Gasteiger partial charge in [0.15, 0.2) is 0 Å². The van der Waals surface area contributed by atoms with Crippen molar-refractivity contribution in [2.24, 2.45) is 17.8 Å². The summed E-state index contributed by atoms with van der Waals surface area (Å²) in [5.41, 5.74) is 0. The lowest BCUT2D eigenvalue weighted by Gasteiger charge is -2.11. The molecule has 1 aliphatic carbocycles. The molecule has 1 aliphatic rings. The minimum Gasteiger partial charge on any atom is -0.469 e. The fourth-order valence-corrected chi connectivity index (χ4v) is 2.04. The summed E-state index contributed by atoms with van der Waals surface area (Å²) in [5, 5.41) is 0. The molecule has 1 fully saturated rings. The Bertz CT molecular complexity index is 154. The van der Waals surface area contributed by atoms with E-state index in [1.165, 1.54) is 13.5 Å². The molecule has 0 saturated heterocycles. The first-order valence-electron chi connectivity index (χ1n) is 4.23. The van der Waals surface area contributed by atoms with Gasteiger partial charge in [-0.2, -0.15) is 0 Å². The average Bonchev–Trinajstić information content (AvgIpc) is 2.28. The second-order valence-electron chi connectivity index (χ2n) is 3.68. The van der Waals surface area contributed by atoms with Crippen LogP contribution in [-0.4, -0.2) is 13.1 Å². The predicted octanol–water partition coefficient (Wildman–Crippen LogP) is 1.84. The van der Waals surface area contributed by atoms with Crippen LogP contribution in [-0.2, 0) is 9.53 Å². The van der Waals surface area contributed by atoms with Crippen molar-refractivity contribution in [2.75, 3.05) is 7.11 Å². The van der Waals surface area contributed by atoms with Crippen LogP contribution in [0.15, 0.2) is 0 Å². The Morgan fingerprint density at radius 3 is 2.36 bits per heavy atom. The van der Waals surface area contributed by atoms with Crippen molar-refractivity contribution in [3.05, 3.63) is 0 Å². The Morgan fingerprint density at radius 1 is 1.36 bits per heavy atom. The molecule has 0 radical (unpaired) electrons. The van der Waals surface area contributed by atoms with Crippen molar-refractivity contribution in [2.45, 2.75) is 26.7 Å². The van der Waals surface area contributed by atoms with E-state index in [4.69, 9.17) is 4.74 Å². The molecule has 1 saturated carbocycles. The number of esters is 1. The largest absolute Gasteiger partial charge is 0.469 e. The van der Waals surface area contributed by atoms with Crippen LogP contribution >= 0.6 is 0 Å². The molecule has 3 atom stereocenters. The van der Waals surface area contributed by atoms with Crippen molar-refractivity contribution < 1.29 is 9.53 Å². The highest BCUT2D eigenvalue weighted by Gasteiger charge is 2.34. The van der Waals surface area contributed by atoms with Crippen molar-refractivity contribution in [1.82, 2.24) is 0 Å². The molecule has 0 aromatic carbocycles. The summed E-state index contributed by atoms with van der Waals surface area (Å²) >= 11 is 0. The second kappa shape index (κ2) is 3.24. The zero-order valence-corrected chi connectivity index (χ0v) is 7.46. The molecule has 11 heavy (non-hydrogen) atoms. The van der Waals surface area contributed by atoms with Gasteiger partial charge in [0.1, 0.15) is 0 Å². The molecule has 2 heteroatoms. The first-order valence-corrected chi connectivity index (χ1v) is 4.23. The van der Waals surface area contributed by atoms with Gasteiger partial charge in [0.05, 0.1) is 13.0 Å². The fraction of sp³-hybridized carbons (Fsp3) is 0.889. The van der Waals surface area contributed by atoms with Crippen LogP contribution in [0, 0.1) is 17.8 Å². The van der Waals surface area contributed by atoms with Gasteiger partial charge in [-0.15, -0.1) is 0 Å². The third-order valence-electron chi connectivity index (χ3n) is 2.62. The Balaban J connectivity index is 2.52. The summed E-state index contributed by atoms with van der Waals surface area (Å²) in [5.74, 6) is 1.34. The highest BCUT2D eigenvalue weighted by molar-refractivity contribution is 5.72. The molecule has 3 unspecified atom stereocenters. The van der Waals surface area contributed by atoms with Gasteiger partial charge in [-0.1, -0.05) is 13.8 Å². The molecule has 0 amide bonds. The molecule has 1 rings (SSSR count). The highest BCUT2D eigenvalue weighted by Crippen LogP contribution is 2.36. The number of carbonyl (C=O) groups excluding carboxylic acids is 1. The summed E-state index contributed by atoms with van der Waals surface area (Å²) in [4.78, 5) is 11.1. The summed E-state index contributed by atoms with van der Waals surface area (Å²) in [6, 6.07) is 0. The van der Waals surface area contributed by atoms with Gasteiger partial charge in [-0.25, -0.2) is 0 Å². The number of hydrogen-bond donors (Lipinski definition) is 0. The monoisotopic (exact) mass is 156 g/mol. The lowest BCUT2D eigenvalue weighted by molar-refractivity contribution is -0.146. The summed E-state index contributed by atoms with van der Waals surface area (Å²) in [7, 11) is 1.47. The molecular formula is C9H16O2. The van der Waals surface area contributed by atoms with Crippen molar-refractivity contribution in [3.8, 4) is 0 Å². The minimum atomic E-state index is -0.0261. The zero-order valence-electron chi connectivity index (χ0n) is 7.46. The van der Waals surface area contributed by atoms with Gasteiger partial charge in [-0.05, 0) is 24.7 Å². The van der Waals surface area contributed by atoms with E-state index in [0.29, 0.717) is 11.8 Å². The average molecular weight is 156 g/mol. The van der Waals surface area contributed by atoms with E-state index in [-0.39, 0.29) is 11.9 Å². The highest BCUT2D eigenvalue weighted by atomic mass is 16.5. The predicted molar refractivity (Wildman–Crippen MR) is 43.1 cm³/mol. The molecule has 0 aliphatic heterocycles. The van der Waals surface area contributed by atoms with Gasteiger partial charge >= 0.3 is 5.97 Å². The minimum absolute atomic E-state index is 0.0261. The SMILES string of the molecule is COC(=O)C1CC(C)CC1C. The first kappa shape index (κ1) is 8.57. The summed E-state index contributed by atoms with van der Waals surface area (Å²) < 4.78 is 4.71. The lowest BCUT2D eigenvalue weighted by Crippen LogP contribution is -2.18. The molecule has 0 N–H and O–H groups in total. The second-order valence-corrected chi connectivity index (χ2v) is 3.68. The summed E-state index contributed by atoms with van der Waals surface area (Å²) in [6.07, 6.45) is 2.17.